The molecule has 4 rings (SSSR count). The fraction of sp³-hybridized carbons (Fsp3) is 0.121. The zero-order chi connectivity index (χ0) is 31.5. The maximum absolute atomic E-state index is 13.4. The Morgan fingerprint density at radius 2 is 1.50 bits per heavy atom. The molecule has 3 amide bonds. The minimum Gasteiger partial charge on any atom is -0.497 e. The highest BCUT2D eigenvalue weighted by atomic mass is 35.5. The number of thioether (sulfide) groups is 1. The van der Waals surface area contributed by atoms with E-state index in [0.29, 0.717) is 44.8 Å². The second kappa shape index (κ2) is 15.5. The molecule has 0 aliphatic carbocycles. The number of hydrogen-bond donors (Lipinski definition) is 3. The van der Waals surface area contributed by atoms with Crippen molar-refractivity contribution in [3.8, 4) is 17.2 Å². The van der Waals surface area contributed by atoms with Gasteiger partial charge in [0.2, 0.25) is 5.91 Å². The van der Waals surface area contributed by atoms with Gasteiger partial charge in [0, 0.05) is 26.7 Å². The summed E-state index contributed by atoms with van der Waals surface area (Å²) in [5.41, 5.74) is 1.90. The van der Waals surface area contributed by atoms with Gasteiger partial charge in [-0.1, -0.05) is 29.8 Å². The molecule has 3 N–H and O–H groups in total. The highest BCUT2D eigenvalue weighted by Crippen LogP contribution is 2.29. The topological polar surface area (TPSA) is 115 Å². The second-order valence-corrected chi connectivity index (χ2v) is 10.6. The number of halogens is 1. The number of carbonyl (C=O) groups is 3. The lowest BCUT2D eigenvalue weighted by Gasteiger charge is -2.13. The van der Waals surface area contributed by atoms with Crippen LogP contribution in [0.4, 0.5) is 11.4 Å². The van der Waals surface area contributed by atoms with E-state index in [1.54, 1.807) is 91.0 Å². The predicted molar refractivity (Wildman–Crippen MR) is 174 cm³/mol. The third-order valence-electron chi connectivity index (χ3n) is 6.18. The van der Waals surface area contributed by atoms with Crippen molar-refractivity contribution < 1.29 is 28.6 Å². The second-order valence-electron chi connectivity index (χ2n) is 9.15. The first-order chi connectivity index (χ1) is 21.3. The molecule has 0 unspecified atom stereocenters. The van der Waals surface area contributed by atoms with Crippen LogP contribution in [-0.2, 0) is 9.59 Å². The average Bonchev–Trinajstić information content (AvgIpc) is 3.04. The Balaban J connectivity index is 1.46. The first kappa shape index (κ1) is 32.0. The Labute approximate surface area is 264 Å². The molecule has 44 heavy (non-hydrogen) atoms. The van der Waals surface area contributed by atoms with Crippen LogP contribution in [-0.4, -0.2) is 44.8 Å². The van der Waals surface area contributed by atoms with Crippen LogP contribution in [0.3, 0.4) is 0 Å². The Bertz CT molecular complexity index is 1660. The predicted octanol–water partition coefficient (Wildman–Crippen LogP) is 6.51. The van der Waals surface area contributed by atoms with Gasteiger partial charge in [0.05, 0.1) is 32.8 Å². The van der Waals surface area contributed by atoms with Crippen molar-refractivity contribution >= 4 is 58.5 Å². The van der Waals surface area contributed by atoms with Gasteiger partial charge in [-0.15, -0.1) is 11.8 Å². The van der Waals surface area contributed by atoms with E-state index in [1.807, 2.05) is 0 Å². The number of amides is 3. The highest BCUT2D eigenvalue weighted by molar-refractivity contribution is 8.00. The zero-order valence-electron chi connectivity index (χ0n) is 24.2. The van der Waals surface area contributed by atoms with Crippen molar-refractivity contribution in [3.05, 3.63) is 113 Å². The molecular weight excluding hydrogens is 602 g/mol. The van der Waals surface area contributed by atoms with E-state index in [-0.39, 0.29) is 17.4 Å². The molecule has 0 saturated carbocycles. The van der Waals surface area contributed by atoms with Crippen LogP contribution in [0, 0.1) is 0 Å². The Hall–Kier alpha value is -4.93. The maximum atomic E-state index is 13.4. The van der Waals surface area contributed by atoms with Gasteiger partial charge in [0.25, 0.3) is 11.8 Å². The lowest BCUT2D eigenvalue weighted by molar-refractivity contribution is -0.114. The number of hydrogen-bond acceptors (Lipinski definition) is 7. The van der Waals surface area contributed by atoms with Gasteiger partial charge in [-0.25, -0.2) is 0 Å². The standard InChI is InChI=1S/C33H30ClN3O6S/c1-41-25-12-16-29(42-2)22(17-25)18-28(37-32(39)21-7-5-4-6-8-21)33(40)35-24-10-13-26(14-11-24)44-20-31(38)36-27-19-23(34)9-15-30(27)43-3/h4-19H,20H2,1-3H3,(H,35,40)(H,36,38)(H,37,39)/b28-18-. The molecule has 0 spiro atoms. The monoisotopic (exact) mass is 631 g/mol. The van der Waals surface area contributed by atoms with Crippen molar-refractivity contribution in [1.29, 1.82) is 0 Å². The summed E-state index contributed by atoms with van der Waals surface area (Å²) < 4.78 is 16.0. The molecule has 0 atom stereocenters. The molecular formula is C33H30ClN3O6S. The van der Waals surface area contributed by atoms with Crippen molar-refractivity contribution in [1.82, 2.24) is 5.32 Å². The van der Waals surface area contributed by atoms with Gasteiger partial charge in [0.15, 0.2) is 0 Å². The summed E-state index contributed by atoms with van der Waals surface area (Å²) in [7, 11) is 4.56. The van der Waals surface area contributed by atoms with E-state index in [1.165, 1.54) is 39.2 Å². The van der Waals surface area contributed by atoms with Crippen LogP contribution in [0.5, 0.6) is 17.2 Å². The van der Waals surface area contributed by atoms with Crippen LogP contribution in [0.25, 0.3) is 6.08 Å². The Morgan fingerprint density at radius 3 is 2.18 bits per heavy atom. The fourth-order valence-electron chi connectivity index (χ4n) is 4.00. The SMILES string of the molecule is COc1ccc(OC)c(/C=C(\NC(=O)c2ccccc2)C(=O)Nc2ccc(SCC(=O)Nc3cc(Cl)ccc3OC)cc2)c1. The molecule has 0 heterocycles. The number of nitrogens with one attached hydrogen (secondary N) is 3. The van der Waals surface area contributed by atoms with Gasteiger partial charge in [-0.05, 0) is 78.9 Å². The van der Waals surface area contributed by atoms with E-state index in [2.05, 4.69) is 16.0 Å². The summed E-state index contributed by atoms with van der Waals surface area (Å²) in [5, 5.41) is 8.81. The van der Waals surface area contributed by atoms with E-state index in [4.69, 9.17) is 25.8 Å². The fourth-order valence-corrected chi connectivity index (χ4v) is 4.87. The summed E-state index contributed by atoms with van der Waals surface area (Å²) >= 11 is 7.36. The summed E-state index contributed by atoms with van der Waals surface area (Å²) in [6.07, 6.45) is 1.52. The van der Waals surface area contributed by atoms with E-state index in [9.17, 15) is 14.4 Å². The highest BCUT2D eigenvalue weighted by Gasteiger charge is 2.17. The summed E-state index contributed by atoms with van der Waals surface area (Å²) in [6, 6.07) is 25.7. The minimum atomic E-state index is -0.547. The van der Waals surface area contributed by atoms with Gasteiger partial charge in [-0.3, -0.25) is 14.4 Å². The van der Waals surface area contributed by atoms with Crippen molar-refractivity contribution in [3.63, 3.8) is 0 Å². The van der Waals surface area contributed by atoms with Crippen LogP contribution >= 0.6 is 23.4 Å². The van der Waals surface area contributed by atoms with Crippen molar-refractivity contribution in [2.75, 3.05) is 37.7 Å². The Morgan fingerprint density at radius 1 is 0.795 bits per heavy atom. The molecule has 4 aromatic carbocycles. The molecule has 0 saturated heterocycles. The summed E-state index contributed by atoms with van der Waals surface area (Å²) in [5.74, 6) is 0.464. The maximum Gasteiger partial charge on any atom is 0.272 e. The van der Waals surface area contributed by atoms with Crippen LogP contribution in [0.2, 0.25) is 5.02 Å². The molecule has 0 fully saturated rings. The number of ether oxygens (including phenoxy) is 3. The quantitative estimate of drug-likeness (QED) is 0.121. The normalized spacial score (nSPS) is 10.9. The molecule has 4 aromatic rings. The van der Waals surface area contributed by atoms with Gasteiger partial charge in [-0.2, -0.15) is 0 Å². The summed E-state index contributed by atoms with van der Waals surface area (Å²) in [4.78, 5) is 39.8. The molecule has 226 valence electrons. The van der Waals surface area contributed by atoms with E-state index in [0.717, 1.165) is 4.90 Å². The number of anilines is 2. The van der Waals surface area contributed by atoms with E-state index < -0.39 is 11.8 Å². The molecule has 0 aromatic heterocycles. The van der Waals surface area contributed by atoms with Gasteiger partial charge in [0.1, 0.15) is 22.9 Å². The minimum absolute atomic E-state index is 0.00280. The number of rotatable bonds is 12. The molecule has 9 nitrogen and oxygen atoms in total. The molecule has 0 bridgehead atoms. The number of carbonyl (C=O) groups excluding carboxylic acids is 3. The molecule has 0 aliphatic heterocycles. The average molecular weight is 632 g/mol. The first-order valence-electron chi connectivity index (χ1n) is 13.3. The van der Waals surface area contributed by atoms with Crippen LogP contribution in [0.15, 0.2) is 102 Å². The lowest BCUT2D eigenvalue weighted by Crippen LogP contribution is -2.30. The van der Waals surface area contributed by atoms with Gasteiger partial charge >= 0.3 is 0 Å². The summed E-state index contributed by atoms with van der Waals surface area (Å²) in [6.45, 7) is 0. The smallest absolute Gasteiger partial charge is 0.272 e. The van der Waals surface area contributed by atoms with Crippen LogP contribution < -0.4 is 30.2 Å². The third kappa shape index (κ3) is 8.79. The van der Waals surface area contributed by atoms with Crippen molar-refractivity contribution in [2.45, 2.75) is 4.90 Å². The van der Waals surface area contributed by atoms with Crippen molar-refractivity contribution in [2.24, 2.45) is 0 Å². The lowest BCUT2D eigenvalue weighted by atomic mass is 10.1. The zero-order valence-corrected chi connectivity index (χ0v) is 25.8. The molecule has 0 aliphatic rings. The van der Waals surface area contributed by atoms with Gasteiger partial charge < -0.3 is 30.2 Å². The third-order valence-corrected chi connectivity index (χ3v) is 7.43. The largest absolute Gasteiger partial charge is 0.497 e. The first-order valence-corrected chi connectivity index (χ1v) is 14.6. The molecule has 11 heteroatoms. The number of methoxy groups -OCH3 is 3. The van der Waals surface area contributed by atoms with Crippen LogP contribution in [0.1, 0.15) is 15.9 Å². The Kier molecular flexibility index (Phi) is 11.3. The molecule has 0 radical (unpaired) electrons. The number of benzene rings is 4. The van der Waals surface area contributed by atoms with E-state index >= 15 is 0 Å².